The number of aromatic amines is 1. The molecule has 0 amide bonds. The van der Waals surface area contributed by atoms with Crippen LogP contribution < -0.4 is 15.2 Å². The minimum Gasteiger partial charge on any atom is -0.497 e. The molecule has 0 radical (unpaired) electrons. The molecule has 3 N–H and O–H groups in total. The smallest absolute Gasteiger partial charge is 0.418 e. The van der Waals surface area contributed by atoms with Crippen LogP contribution in [0.4, 0.5) is 13.2 Å². The Kier molecular flexibility index (Phi) is 6.29. The zero-order valence-electron chi connectivity index (χ0n) is 16.1. The zero-order chi connectivity index (χ0) is 21.2. The van der Waals surface area contributed by atoms with E-state index in [-0.39, 0.29) is 10.5 Å². The third kappa shape index (κ3) is 4.46. The molecular weight excluding hydrogens is 405 g/mol. The highest BCUT2D eigenvalue weighted by molar-refractivity contribution is 6.31. The number of methoxy groups -OCH3 is 2. The summed E-state index contributed by atoms with van der Waals surface area (Å²) in [5.41, 5.74) is 6.84. The molecule has 0 spiro atoms. The summed E-state index contributed by atoms with van der Waals surface area (Å²) in [7, 11) is 3.04. The van der Waals surface area contributed by atoms with Crippen LogP contribution in [0.3, 0.4) is 0 Å². The monoisotopic (exact) mass is 426 g/mol. The molecule has 156 valence electrons. The number of H-pyrrole nitrogens is 1. The van der Waals surface area contributed by atoms with Crippen molar-refractivity contribution in [3.05, 3.63) is 46.5 Å². The number of ether oxygens (including phenoxy) is 2. The van der Waals surface area contributed by atoms with Gasteiger partial charge in [0.1, 0.15) is 11.5 Å². The van der Waals surface area contributed by atoms with Gasteiger partial charge in [0, 0.05) is 27.7 Å². The minimum atomic E-state index is -4.54. The van der Waals surface area contributed by atoms with Crippen molar-refractivity contribution in [2.45, 2.75) is 25.4 Å². The lowest BCUT2D eigenvalue weighted by atomic mass is 9.99. The third-order valence-corrected chi connectivity index (χ3v) is 5.02. The van der Waals surface area contributed by atoms with Gasteiger partial charge in [0.15, 0.2) is 0 Å². The molecule has 0 saturated carbocycles. The molecule has 29 heavy (non-hydrogen) atoms. The summed E-state index contributed by atoms with van der Waals surface area (Å²) in [4.78, 5) is 2.99. The molecule has 0 aliphatic rings. The molecule has 0 fully saturated rings. The van der Waals surface area contributed by atoms with Crippen molar-refractivity contribution in [1.29, 1.82) is 0 Å². The van der Waals surface area contributed by atoms with E-state index in [4.69, 9.17) is 26.8 Å². The molecule has 3 rings (SSSR count). The van der Waals surface area contributed by atoms with Crippen molar-refractivity contribution < 1.29 is 22.6 Å². The van der Waals surface area contributed by atoms with Gasteiger partial charge < -0.3 is 20.2 Å². The molecule has 2 aromatic carbocycles. The SMILES string of the molecule is COc1cc(OC)cc(-c2[nH]c3c(C(F)(F)F)cc(Cl)cc3c2CCCCN)c1. The number of benzene rings is 2. The lowest BCUT2D eigenvalue weighted by Crippen LogP contribution is -2.05. The predicted octanol–water partition coefficient (Wildman–Crippen LogP) is 5.81. The van der Waals surface area contributed by atoms with Crippen LogP contribution in [0.15, 0.2) is 30.3 Å². The molecule has 1 aromatic heterocycles. The first kappa shape index (κ1) is 21.3. The van der Waals surface area contributed by atoms with Crippen LogP contribution >= 0.6 is 11.6 Å². The van der Waals surface area contributed by atoms with Crippen molar-refractivity contribution in [1.82, 2.24) is 4.98 Å². The number of fused-ring (bicyclic) bond motifs is 1. The van der Waals surface area contributed by atoms with Crippen LogP contribution in [0.25, 0.3) is 22.2 Å². The molecule has 3 aromatic rings. The van der Waals surface area contributed by atoms with Gasteiger partial charge in [-0.3, -0.25) is 0 Å². The Morgan fingerprint density at radius 3 is 2.21 bits per heavy atom. The van der Waals surface area contributed by atoms with Crippen LogP contribution in [0.1, 0.15) is 24.0 Å². The lowest BCUT2D eigenvalue weighted by molar-refractivity contribution is -0.136. The topological polar surface area (TPSA) is 60.3 Å². The van der Waals surface area contributed by atoms with Gasteiger partial charge >= 0.3 is 6.18 Å². The molecular formula is C21H22ClF3N2O2. The third-order valence-electron chi connectivity index (χ3n) is 4.81. The van der Waals surface area contributed by atoms with E-state index >= 15 is 0 Å². The maximum absolute atomic E-state index is 13.7. The minimum absolute atomic E-state index is 0.0152. The van der Waals surface area contributed by atoms with E-state index in [1.165, 1.54) is 14.2 Å². The van der Waals surface area contributed by atoms with E-state index in [0.717, 1.165) is 24.5 Å². The average Bonchev–Trinajstić information content (AvgIpc) is 3.04. The van der Waals surface area contributed by atoms with E-state index in [2.05, 4.69) is 4.98 Å². The number of alkyl halides is 3. The molecule has 0 unspecified atom stereocenters. The molecule has 0 bridgehead atoms. The van der Waals surface area contributed by atoms with Crippen molar-refractivity contribution in [2.75, 3.05) is 20.8 Å². The van der Waals surface area contributed by atoms with Gasteiger partial charge in [0.05, 0.1) is 25.3 Å². The Morgan fingerprint density at radius 1 is 1.00 bits per heavy atom. The average molecular weight is 427 g/mol. The number of nitrogens with two attached hydrogens (primary N) is 1. The highest BCUT2D eigenvalue weighted by Gasteiger charge is 2.34. The number of halogens is 4. The normalized spacial score (nSPS) is 11.8. The summed E-state index contributed by atoms with van der Waals surface area (Å²) in [5, 5.41) is 0.498. The summed E-state index contributed by atoms with van der Waals surface area (Å²) >= 11 is 6.04. The van der Waals surface area contributed by atoms with E-state index in [1.54, 1.807) is 24.3 Å². The Balaban J connectivity index is 2.29. The lowest BCUT2D eigenvalue weighted by Gasteiger charge is -2.10. The number of rotatable bonds is 7. The highest BCUT2D eigenvalue weighted by Crippen LogP contribution is 2.42. The number of nitrogens with one attached hydrogen (secondary N) is 1. The second kappa shape index (κ2) is 8.55. The Labute approximate surface area is 171 Å². The number of hydrogen-bond acceptors (Lipinski definition) is 3. The second-order valence-electron chi connectivity index (χ2n) is 6.70. The molecule has 0 aliphatic heterocycles. The maximum Gasteiger partial charge on any atom is 0.418 e. The van der Waals surface area contributed by atoms with Crippen molar-refractivity contribution in [3.63, 3.8) is 0 Å². The summed E-state index contributed by atoms with van der Waals surface area (Å²) in [6.07, 6.45) is -2.47. The molecule has 1 heterocycles. The van der Waals surface area contributed by atoms with E-state index < -0.39 is 11.7 Å². The Bertz CT molecular complexity index is 993. The van der Waals surface area contributed by atoms with Gasteiger partial charge in [-0.05, 0) is 55.6 Å². The van der Waals surface area contributed by atoms with Crippen LogP contribution in [0, 0.1) is 0 Å². The maximum atomic E-state index is 13.7. The van der Waals surface area contributed by atoms with E-state index in [9.17, 15) is 13.2 Å². The molecule has 8 heteroatoms. The van der Waals surface area contributed by atoms with Gasteiger partial charge in [-0.15, -0.1) is 0 Å². The van der Waals surface area contributed by atoms with Crippen LogP contribution in [-0.2, 0) is 12.6 Å². The molecule has 0 aliphatic carbocycles. The summed E-state index contributed by atoms with van der Waals surface area (Å²) in [6.45, 7) is 0.513. The quantitative estimate of drug-likeness (QED) is 0.469. The molecule has 0 atom stereocenters. The number of unbranched alkanes of at least 4 members (excludes halogenated alkanes) is 1. The summed E-state index contributed by atoms with van der Waals surface area (Å²) in [6, 6.07) is 7.74. The number of aromatic nitrogens is 1. The fourth-order valence-electron chi connectivity index (χ4n) is 3.44. The second-order valence-corrected chi connectivity index (χ2v) is 7.14. The number of hydrogen-bond donors (Lipinski definition) is 2. The van der Waals surface area contributed by atoms with Gasteiger partial charge in [-0.25, -0.2) is 0 Å². The Hall–Kier alpha value is -2.38. The van der Waals surface area contributed by atoms with Crippen molar-refractivity contribution >= 4 is 22.5 Å². The van der Waals surface area contributed by atoms with Crippen LogP contribution in [-0.4, -0.2) is 25.7 Å². The molecule has 0 saturated heterocycles. The summed E-state index contributed by atoms with van der Waals surface area (Å²) < 4.78 is 51.6. The van der Waals surface area contributed by atoms with E-state index in [0.29, 0.717) is 41.1 Å². The van der Waals surface area contributed by atoms with Crippen LogP contribution in [0.5, 0.6) is 11.5 Å². The highest BCUT2D eigenvalue weighted by atomic mass is 35.5. The zero-order valence-corrected chi connectivity index (χ0v) is 16.9. The van der Waals surface area contributed by atoms with Gasteiger partial charge in [0.2, 0.25) is 0 Å². The first-order valence-electron chi connectivity index (χ1n) is 9.13. The predicted molar refractivity (Wildman–Crippen MR) is 109 cm³/mol. The van der Waals surface area contributed by atoms with Crippen molar-refractivity contribution in [3.8, 4) is 22.8 Å². The standard InChI is InChI=1S/C21H22ClF3N2O2/c1-28-14-7-12(8-15(11-14)29-2)19-16(5-3-4-6-26)17-9-13(22)10-18(20(17)27-19)21(23,24)25/h7-11,27H,3-6,26H2,1-2H3. The Morgan fingerprint density at radius 2 is 1.66 bits per heavy atom. The fourth-order valence-corrected chi connectivity index (χ4v) is 3.66. The van der Waals surface area contributed by atoms with E-state index in [1.807, 2.05) is 0 Å². The van der Waals surface area contributed by atoms with Crippen molar-refractivity contribution in [2.24, 2.45) is 5.73 Å². The fraction of sp³-hybridized carbons (Fsp3) is 0.333. The van der Waals surface area contributed by atoms with Crippen LogP contribution in [0.2, 0.25) is 5.02 Å². The first-order valence-corrected chi connectivity index (χ1v) is 9.51. The largest absolute Gasteiger partial charge is 0.497 e. The van der Waals surface area contributed by atoms with Gasteiger partial charge in [-0.2, -0.15) is 13.2 Å². The first-order chi connectivity index (χ1) is 13.8. The van der Waals surface area contributed by atoms with Gasteiger partial charge in [-0.1, -0.05) is 11.6 Å². The number of aryl methyl sites for hydroxylation is 1. The molecule has 4 nitrogen and oxygen atoms in total. The summed E-state index contributed by atoms with van der Waals surface area (Å²) in [5.74, 6) is 1.08. The van der Waals surface area contributed by atoms with Gasteiger partial charge in [0.25, 0.3) is 0 Å².